The summed E-state index contributed by atoms with van der Waals surface area (Å²) in [5.41, 5.74) is 0.416. The van der Waals surface area contributed by atoms with Crippen molar-refractivity contribution in [1.29, 1.82) is 10.7 Å². The normalized spacial score (nSPS) is 27.7. The van der Waals surface area contributed by atoms with Gasteiger partial charge in [0.25, 0.3) is 0 Å². The second-order valence-corrected chi connectivity index (χ2v) is 11.7. The van der Waals surface area contributed by atoms with Gasteiger partial charge in [0.1, 0.15) is 17.5 Å². The van der Waals surface area contributed by atoms with Gasteiger partial charge in [-0.15, -0.1) is 0 Å². The lowest BCUT2D eigenvalue weighted by Crippen LogP contribution is -2.60. The lowest BCUT2D eigenvalue weighted by Gasteiger charge is -2.43. The molecule has 5 atom stereocenters. The van der Waals surface area contributed by atoms with E-state index in [1.807, 2.05) is 44.2 Å². The van der Waals surface area contributed by atoms with E-state index in [-0.39, 0.29) is 30.1 Å². The topological polar surface area (TPSA) is 139 Å². The lowest BCUT2D eigenvalue weighted by molar-refractivity contribution is -0.133. The van der Waals surface area contributed by atoms with Crippen LogP contribution in [0.5, 0.6) is 5.75 Å². The molecule has 2 aliphatic heterocycles. The SMILES string of the molecule is CC1(C)CC(=O)N(C(c2cccc(C#N)c2)[C@@H]2C[C@H]2C(=O)N[C@@H]2c3ccccc3OC(C)(C)[C@H]2O)C(=N)N1. The van der Waals surface area contributed by atoms with Gasteiger partial charge in [0.15, 0.2) is 5.96 Å². The van der Waals surface area contributed by atoms with E-state index in [9.17, 15) is 20.0 Å². The summed E-state index contributed by atoms with van der Waals surface area (Å²) in [7, 11) is 0. The number of para-hydroxylation sites is 1. The number of aliphatic hydroxyl groups excluding tert-OH is 1. The monoisotopic (exact) mass is 515 g/mol. The average molecular weight is 516 g/mol. The van der Waals surface area contributed by atoms with Crippen LogP contribution >= 0.6 is 0 Å². The third-order valence-electron chi connectivity index (χ3n) is 7.73. The van der Waals surface area contributed by atoms with Crippen LogP contribution in [-0.4, -0.2) is 45.0 Å². The summed E-state index contributed by atoms with van der Waals surface area (Å²) >= 11 is 0. The predicted molar refractivity (Wildman–Crippen MR) is 140 cm³/mol. The largest absolute Gasteiger partial charge is 0.485 e. The van der Waals surface area contributed by atoms with Crippen LogP contribution in [0.2, 0.25) is 0 Å². The van der Waals surface area contributed by atoms with Crippen LogP contribution in [0, 0.1) is 28.6 Å². The van der Waals surface area contributed by atoms with E-state index in [1.54, 1.807) is 32.0 Å². The molecule has 2 heterocycles. The van der Waals surface area contributed by atoms with Gasteiger partial charge in [0.2, 0.25) is 11.8 Å². The number of nitrogens with zero attached hydrogens (tertiary/aromatic N) is 2. The smallest absolute Gasteiger partial charge is 0.232 e. The number of ether oxygens (including phenoxy) is 1. The molecule has 198 valence electrons. The number of carbonyl (C=O) groups is 2. The zero-order valence-electron chi connectivity index (χ0n) is 22.0. The molecule has 1 unspecified atom stereocenters. The Kier molecular flexibility index (Phi) is 6.19. The van der Waals surface area contributed by atoms with Gasteiger partial charge in [-0.1, -0.05) is 30.3 Å². The molecular formula is C29H33N5O4. The van der Waals surface area contributed by atoms with Gasteiger partial charge >= 0.3 is 0 Å². The number of nitriles is 1. The highest BCUT2D eigenvalue weighted by molar-refractivity contribution is 5.99. The summed E-state index contributed by atoms with van der Waals surface area (Å²) in [5, 5.41) is 35.3. The minimum Gasteiger partial charge on any atom is -0.485 e. The molecule has 2 aromatic rings. The van der Waals surface area contributed by atoms with Gasteiger partial charge in [-0.25, -0.2) is 0 Å². The van der Waals surface area contributed by atoms with Gasteiger partial charge in [0, 0.05) is 23.4 Å². The van der Waals surface area contributed by atoms with Crippen molar-refractivity contribution in [3.05, 3.63) is 65.2 Å². The molecule has 4 N–H and O–H groups in total. The van der Waals surface area contributed by atoms with Crippen LogP contribution in [0.1, 0.15) is 69.3 Å². The highest BCUT2D eigenvalue weighted by Gasteiger charge is 2.54. The first kappa shape index (κ1) is 25.7. The van der Waals surface area contributed by atoms with Crippen molar-refractivity contribution in [2.75, 3.05) is 0 Å². The van der Waals surface area contributed by atoms with E-state index in [1.165, 1.54) is 4.90 Å². The molecule has 2 aromatic carbocycles. The van der Waals surface area contributed by atoms with Crippen molar-refractivity contribution in [2.24, 2.45) is 11.8 Å². The van der Waals surface area contributed by atoms with Gasteiger partial charge < -0.3 is 20.5 Å². The predicted octanol–water partition coefficient (Wildman–Crippen LogP) is 3.16. The first-order valence-corrected chi connectivity index (χ1v) is 12.9. The number of hydrogen-bond acceptors (Lipinski definition) is 6. The van der Waals surface area contributed by atoms with Gasteiger partial charge in [0.05, 0.1) is 23.7 Å². The van der Waals surface area contributed by atoms with Crippen LogP contribution in [0.15, 0.2) is 48.5 Å². The Bertz CT molecular complexity index is 1330. The molecule has 2 fully saturated rings. The molecule has 2 amide bonds. The molecule has 0 bridgehead atoms. The van der Waals surface area contributed by atoms with Crippen molar-refractivity contribution in [3.8, 4) is 11.8 Å². The highest BCUT2D eigenvalue weighted by atomic mass is 16.5. The van der Waals surface area contributed by atoms with E-state index in [0.717, 1.165) is 0 Å². The Hall–Kier alpha value is -3.90. The zero-order valence-corrected chi connectivity index (χ0v) is 22.0. The fourth-order valence-corrected chi connectivity index (χ4v) is 5.71. The standard InChI is InChI=1S/C29H33N5O4/c1-28(2)14-22(35)34(27(31)33-28)24(17-9-7-8-16(12-17)15-30)19-13-20(19)26(37)32-23-18-10-5-6-11-21(18)38-29(3,4)25(23)36/h5-12,19-20,23-25,36H,13-14H2,1-4H3,(H2,31,33)(H,32,37)/t19-,20-,23-,24?,25+/m1/s1. The Morgan fingerprint density at radius 3 is 2.68 bits per heavy atom. The zero-order chi connectivity index (χ0) is 27.4. The maximum absolute atomic E-state index is 13.6. The number of amides is 2. The molecular weight excluding hydrogens is 482 g/mol. The van der Waals surface area contributed by atoms with E-state index in [2.05, 4.69) is 16.7 Å². The number of nitrogens with one attached hydrogen (secondary N) is 3. The van der Waals surface area contributed by atoms with Crippen molar-refractivity contribution < 1.29 is 19.4 Å². The molecule has 38 heavy (non-hydrogen) atoms. The number of rotatable bonds is 5. The number of guanidine groups is 1. The van der Waals surface area contributed by atoms with Gasteiger partial charge in [-0.05, 0) is 63.8 Å². The summed E-state index contributed by atoms with van der Waals surface area (Å²) in [5.74, 6) is -0.499. The van der Waals surface area contributed by atoms with Gasteiger partial charge in [-0.3, -0.25) is 19.9 Å². The highest BCUT2D eigenvalue weighted by Crippen LogP contribution is 2.52. The fourth-order valence-electron chi connectivity index (χ4n) is 5.71. The molecule has 0 spiro atoms. The van der Waals surface area contributed by atoms with E-state index in [0.29, 0.717) is 28.9 Å². The van der Waals surface area contributed by atoms with Crippen LogP contribution < -0.4 is 15.4 Å². The molecule has 1 saturated heterocycles. The van der Waals surface area contributed by atoms with Crippen molar-refractivity contribution in [1.82, 2.24) is 15.5 Å². The summed E-state index contributed by atoms with van der Waals surface area (Å²) in [6.07, 6.45) is -0.254. The summed E-state index contributed by atoms with van der Waals surface area (Å²) in [6.45, 7) is 7.31. The Labute approximate surface area is 222 Å². The molecule has 9 heteroatoms. The van der Waals surface area contributed by atoms with Crippen LogP contribution in [0.25, 0.3) is 0 Å². The first-order chi connectivity index (χ1) is 17.9. The number of aliphatic hydroxyl groups is 1. The third kappa shape index (κ3) is 4.61. The minimum absolute atomic E-state index is 0.0137. The van der Waals surface area contributed by atoms with Gasteiger partial charge in [-0.2, -0.15) is 5.26 Å². The summed E-state index contributed by atoms with van der Waals surface area (Å²) in [6, 6.07) is 15.3. The maximum Gasteiger partial charge on any atom is 0.232 e. The number of hydrogen-bond donors (Lipinski definition) is 4. The number of fused-ring (bicyclic) bond motifs is 1. The second kappa shape index (κ2) is 9.14. The van der Waals surface area contributed by atoms with Crippen molar-refractivity contribution in [2.45, 2.75) is 69.9 Å². The van der Waals surface area contributed by atoms with Crippen LogP contribution in [0.4, 0.5) is 0 Å². The Balaban J connectivity index is 1.43. The lowest BCUT2D eigenvalue weighted by atomic mass is 9.86. The van der Waals surface area contributed by atoms with E-state index in [4.69, 9.17) is 10.1 Å². The van der Waals surface area contributed by atoms with Crippen LogP contribution in [0.3, 0.4) is 0 Å². The quantitative estimate of drug-likeness (QED) is 0.483. The fraction of sp³-hybridized carbons (Fsp3) is 0.448. The Morgan fingerprint density at radius 1 is 1.24 bits per heavy atom. The van der Waals surface area contributed by atoms with E-state index >= 15 is 0 Å². The summed E-state index contributed by atoms with van der Waals surface area (Å²) < 4.78 is 5.98. The molecule has 0 radical (unpaired) electrons. The molecule has 3 aliphatic rings. The van der Waals surface area contributed by atoms with Crippen molar-refractivity contribution >= 4 is 17.8 Å². The number of benzene rings is 2. The van der Waals surface area contributed by atoms with Crippen LogP contribution in [-0.2, 0) is 9.59 Å². The second-order valence-electron chi connectivity index (χ2n) is 11.7. The molecule has 1 saturated carbocycles. The average Bonchev–Trinajstić information content (AvgIpc) is 3.64. The maximum atomic E-state index is 13.6. The molecule has 0 aromatic heterocycles. The molecule has 1 aliphatic carbocycles. The minimum atomic E-state index is -0.968. The van der Waals surface area contributed by atoms with Crippen molar-refractivity contribution in [3.63, 3.8) is 0 Å². The first-order valence-electron chi connectivity index (χ1n) is 12.9. The molecule has 5 rings (SSSR count). The number of carbonyl (C=O) groups excluding carboxylic acids is 2. The molecule has 9 nitrogen and oxygen atoms in total. The third-order valence-corrected chi connectivity index (χ3v) is 7.73. The summed E-state index contributed by atoms with van der Waals surface area (Å²) in [4.78, 5) is 28.3. The Morgan fingerprint density at radius 2 is 1.97 bits per heavy atom. The van der Waals surface area contributed by atoms with E-state index < -0.39 is 35.2 Å².